The second-order valence-electron chi connectivity index (χ2n) is 5.62. The van der Waals surface area contributed by atoms with E-state index in [4.69, 9.17) is 4.42 Å². The van der Waals surface area contributed by atoms with E-state index in [1.807, 2.05) is 18.2 Å². The van der Waals surface area contributed by atoms with Crippen LogP contribution in [0.1, 0.15) is 43.2 Å². The topological polar surface area (TPSA) is 59.3 Å². The molecule has 2 aromatic rings. The van der Waals surface area contributed by atoms with E-state index >= 15 is 0 Å². The van der Waals surface area contributed by atoms with Crippen molar-refractivity contribution in [2.24, 2.45) is 0 Å². The van der Waals surface area contributed by atoms with E-state index in [2.05, 4.69) is 5.32 Å². The van der Waals surface area contributed by atoms with Crippen LogP contribution < -0.4 is 5.32 Å². The lowest BCUT2D eigenvalue weighted by Crippen LogP contribution is -2.17. The first-order valence-electron chi connectivity index (χ1n) is 7.59. The van der Waals surface area contributed by atoms with E-state index in [9.17, 15) is 9.59 Å². The number of para-hydroxylation sites is 1. The van der Waals surface area contributed by atoms with Crippen molar-refractivity contribution in [3.63, 3.8) is 0 Å². The SMILES string of the molecule is CC(=O)c1oc2ccccc2c1NC(=O)CSC1CCCC1. The number of furan rings is 1. The minimum Gasteiger partial charge on any atom is -0.451 e. The molecule has 4 nitrogen and oxygen atoms in total. The van der Waals surface area contributed by atoms with Crippen molar-refractivity contribution in [1.29, 1.82) is 0 Å². The molecule has 0 radical (unpaired) electrons. The van der Waals surface area contributed by atoms with Crippen LogP contribution in [0.25, 0.3) is 11.0 Å². The highest BCUT2D eigenvalue weighted by Crippen LogP contribution is 2.32. The van der Waals surface area contributed by atoms with Crippen molar-refractivity contribution in [2.45, 2.75) is 37.9 Å². The number of hydrogen-bond acceptors (Lipinski definition) is 4. The zero-order valence-corrected chi connectivity index (χ0v) is 13.4. The average molecular weight is 317 g/mol. The Balaban J connectivity index is 1.75. The van der Waals surface area contributed by atoms with Gasteiger partial charge in [0.1, 0.15) is 5.58 Å². The van der Waals surface area contributed by atoms with Gasteiger partial charge in [0.05, 0.1) is 11.4 Å². The fraction of sp³-hybridized carbons (Fsp3) is 0.412. The highest BCUT2D eigenvalue weighted by atomic mass is 32.2. The molecule has 1 aliphatic carbocycles. The van der Waals surface area contributed by atoms with Crippen LogP contribution in [0, 0.1) is 0 Å². The van der Waals surface area contributed by atoms with Gasteiger partial charge in [-0.2, -0.15) is 0 Å². The van der Waals surface area contributed by atoms with E-state index in [1.165, 1.54) is 32.6 Å². The van der Waals surface area contributed by atoms with Crippen molar-refractivity contribution >= 4 is 40.1 Å². The van der Waals surface area contributed by atoms with Gasteiger partial charge in [0, 0.05) is 17.6 Å². The van der Waals surface area contributed by atoms with E-state index in [0.717, 1.165) is 5.39 Å². The van der Waals surface area contributed by atoms with Crippen molar-refractivity contribution in [1.82, 2.24) is 0 Å². The zero-order valence-electron chi connectivity index (χ0n) is 12.6. The summed E-state index contributed by atoms with van der Waals surface area (Å²) in [6.45, 7) is 1.45. The van der Waals surface area contributed by atoms with Crippen LogP contribution in [-0.2, 0) is 4.79 Å². The molecule has 0 aliphatic heterocycles. The largest absolute Gasteiger partial charge is 0.451 e. The Kier molecular flexibility index (Phi) is 4.52. The number of ketones is 1. The number of anilines is 1. The second kappa shape index (κ2) is 6.57. The lowest BCUT2D eigenvalue weighted by atomic mass is 10.2. The van der Waals surface area contributed by atoms with Crippen molar-refractivity contribution in [3.8, 4) is 0 Å². The molecule has 1 heterocycles. The van der Waals surface area contributed by atoms with Crippen LogP contribution in [0.3, 0.4) is 0 Å². The van der Waals surface area contributed by atoms with Gasteiger partial charge in [0.15, 0.2) is 11.5 Å². The molecule has 1 aromatic heterocycles. The van der Waals surface area contributed by atoms with Gasteiger partial charge in [-0.1, -0.05) is 25.0 Å². The Hall–Kier alpha value is -1.75. The summed E-state index contributed by atoms with van der Waals surface area (Å²) < 4.78 is 5.57. The first-order valence-corrected chi connectivity index (χ1v) is 8.64. The third kappa shape index (κ3) is 3.19. The summed E-state index contributed by atoms with van der Waals surface area (Å²) in [6, 6.07) is 7.36. The fourth-order valence-corrected chi connectivity index (χ4v) is 3.97. The molecule has 1 aliphatic rings. The predicted octanol–water partition coefficient (Wildman–Crippen LogP) is 4.25. The smallest absolute Gasteiger partial charge is 0.234 e. The summed E-state index contributed by atoms with van der Waals surface area (Å²) in [5.74, 6) is 0.378. The second-order valence-corrected chi connectivity index (χ2v) is 6.91. The van der Waals surface area contributed by atoms with Gasteiger partial charge in [-0.3, -0.25) is 9.59 Å². The summed E-state index contributed by atoms with van der Waals surface area (Å²) in [5, 5.41) is 4.23. The first-order chi connectivity index (χ1) is 10.6. The molecule has 0 unspecified atom stereocenters. The monoisotopic (exact) mass is 317 g/mol. The van der Waals surface area contributed by atoms with Crippen LogP contribution in [0.15, 0.2) is 28.7 Å². The van der Waals surface area contributed by atoms with E-state index in [0.29, 0.717) is 22.3 Å². The van der Waals surface area contributed by atoms with E-state index < -0.39 is 0 Å². The number of amides is 1. The van der Waals surface area contributed by atoms with Crippen molar-refractivity contribution in [3.05, 3.63) is 30.0 Å². The standard InChI is InChI=1S/C17H19NO3S/c1-11(19)17-16(13-8-4-5-9-14(13)21-17)18-15(20)10-22-12-6-2-3-7-12/h4-5,8-9,12H,2-3,6-7,10H2,1H3,(H,18,20). The molecule has 0 saturated heterocycles. The van der Waals surface area contributed by atoms with Crippen LogP contribution in [0.2, 0.25) is 0 Å². The minimum atomic E-state index is -0.185. The third-order valence-electron chi connectivity index (χ3n) is 3.93. The lowest BCUT2D eigenvalue weighted by Gasteiger charge is -2.09. The molecule has 116 valence electrons. The molecule has 1 amide bonds. The van der Waals surface area contributed by atoms with Crippen LogP contribution in [0.5, 0.6) is 0 Å². The third-order valence-corrected chi connectivity index (χ3v) is 5.30. The van der Waals surface area contributed by atoms with Gasteiger partial charge in [-0.25, -0.2) is 0 Å². The molecule has 1 aromatic carbocycles. The summed E-state index contributed by atoms with van der Waals surface area (Å²) in [4.78, 5) is 23.9. The maximum atomic E-state index is 12.2. The van der Waals surface area contributed by atoms with Crippen molar-refractivity contribution in [2.75, 3.05) is 11.1 Å². The Morgan fingerprint density at radius 1 is 1.27 bits per heavy atom. The highest BCUT2D eigenvalue weighted by Gasteiger charge is 2.21. The molecule has 3 rings (SSSR count). The lowest BCUT2D eigenvalue weighted by molar-refractivity contribution is -0.113. The van der Waals surface area contributed by atoms with Gasteiger partial charge in [0.2, 0.25) is 5.91 Å². The maximum Gasteiger partial charge on any atom is 0.234 e. The molecule has 22 heavy (non-hydrogen) atoms. The molecule has 1 saturated carbocycles. The number of carbonyl (C=O) groups is 2. The molecule has 1 N–H and O–H groups in total. The van der Waals surface area contributed by atoms with Crippen LogP contribution >= 0.6 is 11.8 Å². The Bertz CT molecular complexity index is 701. The first kappa shape index (κ1) is 15.2. The quantitative estimate of drug-likeness (QED) is 0.838. The number of hydrogen-bond donors (Lipinski definition) is 1. The molecular formula is C17H19NO3S. The van der Waals surface area contributed by atoms with Gasteiger partial charge in [0.25, 0.3) is 0 Å². The zero-order chi connectivity index (χ0) is 15.5. The van der Waals surface area contributed by atoms with Gasteiger partial charge in [-0.05, 0) is 25.0 Å². The number of rotatable bonds is 5. The number of nitrogens with one attached hydrogen (secondary N) is 1. The van der Waals surface area contributed by atoms with E-state index in [1.54, 1.807) is 17.8 Å². The Morgan fingerprint density at radius 2 is 2.00 bits per heavy atom. The molecule has 1 fully saturated rings. The summed E-state index contributed by atoms with van der Waals surface area (Å²) >= 11 is 1.71. The molecule has 0 bridgehead atoms. The van der Waals surface area contributed by atoms with Gasteiger partial charge >= 0.3 is 0 Å². The molecule has 0 spiro atoms. The number of carbonyl (C=O) groups excluding carboxylic acids is 2. The average Bonchev–Trinajstić information content (AvgIpc) is 3.13. The van der Waals surface area contributed by atoms with Crippen LogP contribution in [0.4, 0.5) is 5.69 Å². The number of benzene rings is 1. The Morgan fingerprint density at radius 3 is 2.73 bits per heavy atom. The summed E-state index contributed by atoms with van der Waals surface area (Å²) in [5.41, 5.74) is 1.12. The number of thioether (sulfide) groups is 1. The maximum absolute atomic E-state index is 12.2. The van der Waals surface area contributed by atoms with Gasteiger partial charge in [-0.15, -0.1) is 11.8 Å². The van der Waals surface area contributed by atoms with Crippen LogP contribution in [-0.4, -0.2) is 22.7 Å². The minimum absolute atomic E-state index is 0.0778. The predicted molar refractivity (Wildman–Crippen MR) is 89.6 cm³/mol. The fourth-order valence-electron chi connectivity index (χ4n) is 2.84. The molecule has 5 heteroatoms. The molecular weight excluding hydrogens is 298 g/mol. The van der Waals surface area contributed by atoms with Gasteiger partial charge < -0.3 is 9.73 Å². The Labute approximate surface area is 133 Å². The van der Waals surface area contributed by atoms with E-state index in [-0.39, 0.29) is 17.5 Å². The number of fused-ring (bicyclic) bond motifs is 1. The summed E-state index contributed by atoms with van der Waals surface area (Å²) in [7, 11) is 0. The summed E-state index contributed by atoms with van der Waals surface area (Å²) in [6.07, 6.45) is 4.93. The highest BCUT2D eigenvalue weighted by molar-refractivity contribution is 8.00. The molecule has 0 atom stereocenters. The number of Topliss-reactive ketones (excluding diaryl/α,β-unsaturated/α-hetero) is 1. The normalized spacial score (nSPS) is 15.3. The van der Waals surface area contributed by atoms with Crippen molar-refractivity contribution < 1.29 is 14.0 Å².